The zero-order chi connectivity index (χ0) is 19.6. The maximum atomic E-state index is 13.7. The number of amides is 2. The Kier molecular flexibility index (Phi) is 5.34. The Morgan fingerprint density at radius 2 is 1.59 bits per heavy atom. The number of hydrogen-bond donors (Lipinski definition) is 2. The van der Waals surface area contributed by atoms with Gasteiger partial charge in [-0.3, -0.25) is 4.79 Å². The lowest BCUT2D eigenvalue weighted by molar-refractivity contribution is 0.0859. The van der Waals surface area contributed by atoms with Crippen LogP contribution >= 0.6 is 0 Å². The number of piperidine rings is 1. The van der Waals surface area contributed by atoms with Crippen LogP contribution in [0.25, 0.3) is 0 Å². The SMILES string of the molecule is O=C(c1ccc(O)cc1)C1CCN(C(=O)Nc2ccc(F)c(F)c2F)CC1. The Morgan fingerprint density at radius 1 is 0.963 bits per heavy atom. The van der Waals surface area contributed by atoms with Crippen molar-refractivity contribution in [2.24, 2.45) is 5.92 Å². The normalized spacial score (nSPS) is 14.9. The topological polar surface area (TPSA) is 69.6 Å². The average Bonchev–Trinajstić information content (AvgIpc) is 2.68. The molecule has 0 bridgehead atoms. The van der Waals surface area contributed by atoms with Crippen LogP contribution in [-0.2, 0) is 0 Å². The third kappa shape index (κ3) is 4.05. The smallest absolute Gasteiger partial charge is 0.321 e. The van der Waals surface area contributed by atoms with Crippen molar-refractivity contribution in [2.45, 2.75) is 12.8 Å². The summed E-state index contributed by atoms with van der Waals surface area (Å²) in [5.74, 6) is -4.70. The van der Waals surface area contributed by atoms with E-state index in [1.807, 2.05) is 0 Å². The number of nitrogens with one attached hydrogen (secondary N) is 1. The van der Waals surface area contributed by atoms with Crippen LogP contribution in [0, 0.1) is 23.4 Å². The number of nitrogens with zero attached hydrogens (tertiary/aromatic N) is 1. The molecular formula is C19H17F3N2O3. The van der Waals surface area contributed by atoms with Crippen molar-refractivity contribution in [1.82, 2.24) is 4.90 Å². The van der Waals surface area contributed by atoms with Gasteiger partial charge < -0.3 is 15.3 Å². The molecule has 1 aliphatic heterocycles. The number of rotatable bonds is 3. The minimum absolute atomic E-state index is 0.0679. The van der Waals surface area contributed by atoms with Crippen molar-refractivity contribution in [3.8, 4) is 5.75 Å². The molecule has 2 aromatic rings. The van der Waals surface area contributed by atoms with Gasteiger partial charge in [0.25, 0.3) is 0 Å². The van der Waals surface area contributed by atoms with E-state index in [9.17, 15) is 27.9 Å². The molecule has 1 aliphatic rings. The highest BCUT2D eigenvalue weighted by Gasteiger charge is 2.28. The largest absolute Gasteiger partial charge is 0.508 e. The number of anilines is 1. The van der Waals surface area contributed by atoms with Crippen LogP contribution in [0.4, 0.5) is 23.7 Å². The van der Waals surface area contributed by atoms with Crippen molar-refractivity contribution >= 4 is 17.5 Å². The quantitative estimate of drug-likeness (QED) is 0.628. The first-order chi connectivity index (χ1) is 12.9. The maximum Gasteiger partial charge on any atom is 0.321 e. The van der Waals surface area contributed by atoms with Gasteiger partial charge >= 0.3 is 6.03 Å². The third-order valence-electron chi connectivity index (χ3n) is 4.58. The van der Waals surface area contributed by atoms with Crippen LogP contribution in [-0.4, -0.2) is 34.9 Å². The van der Waals surface area contributed by atoms with Gasteiger partial charge in [0.15, 0.2) is 23.2 Å². The fourth-order valence-corrected chi connectivity index (χ4v) is 3.02. The fourth-order valence-electron chi connectivity index (χ4n) is 3.02. The Labute approximate surface area is 153 Å². The number of ketones is 1. The summed E-state index contributed by atoms with van der Waals surface area (Å²) < 4.78 is 39.9. The highest BCUT2D eigenvalue weighted by atomic mass is 19.2. The molecule has 1 fully saturated rings. The molecule has 0 aromatic heterocycles. The third-order valence-corrected chi connectivity index (χ3v) is 4.58. The Balaban J connectivity index is 1.59. The monoisotopic (exact) mass is 378 g/mol. The number of phenolic OH excluding ortho intramolecular Hbond substituents is 1. The first-order valence-electron chi connectivity index (χ1n) is 8.39. The maximum absolute atomic E-state index is 13.7. The van der Waals surface area contributed by atoms with Crippen LogP contribution in [0.5, 0.6) is 5.75 Å². The van der Waals surface area contributed by atoms with E-state index in [4.69, 9.17) is 0 Å². The van der Waals surface area contributed by atoms with E-state index in [1.54, 1.807) is 12.1 Å². The Bertz CT molecular complexity index is 863. The highest BCUT2D eigenvalue weighted by molar-refractivity contribution is 5.98. The summed E-state index contributed by atoms with van der Waals surface area (Å²) >= 11 is 0. The van der Waals surface area contributed by atoms with E-state index in [-0.39, 0.29) is 30.5 Å². The molecule has 0 aliphatic carbocycles. The van der Waals surface area contributed by atoms with Crippen molar-refractivity contribution in [3.63, 3.8) is 0 Å². The molecule has 27 heavy (non-hydrogen) atoms. The number of urea groups is 1. The number of halogens is 3. The highest BCUT2D eigenvalue weighted by Crippen LogP contribution is 2.24. The number of carbonyl (C=O) groups is 2. The average molecular weight is 378 g/mol. The van der Waals surface area contributed by atoms with Gasteiger partial charge in [0, 0.05) is 24.6 Å². The van der Waals surface area contributed by atoms with E-state index < -0.39 is 29.2 Å². The van der Waals surface area contributed by atoms with Gasteiger partial charge in [0.2, 0.25) is 0 Å². The summed E-state index contributed by atoms with van der Waals surface area (Å²) in [5, 5.41) is 11.5. The summed E-state index contributed by atoms with van der Waals surface area (Å²) in [5.41, 5.74) is 0.0424. The van der Waals surface area contributed by atoms with E-state index in [0.29, 0.717) is 18.4 Å². The lowest BCUT2D eigenvalue weighted by Gasteiger charge is -2.31. The molecule has 142 valence electrons. The lowest BCUT2D eigenvalue weighted by Crippen LogP contribution is -2.42. The number of phenols is 1. The lowest BCUT2D eigenvalue weighted by atomic mass is 9.89. The van der Waals surface area contributed by atoms with Crippen molar-refractivity contribution in [2.75, 3.05) is 18.4 Å². The number of Topliss-reactive ketones (excluding diaryl/α,β-unsaturated/α-hetero) is 1. The number of hydrogen-bond acceptors (Lipinski definition) is 3. The molecule has 5 nitrogen and oxygen atoms in total. The second-order valence-corrected chi connectivity index (χ2v) is 6.33. The van der Waals surface area contributed by atoms with Crippen LogP contribution in [0.2, 0.25) is 0 Å². The molecule has 2 aromatic carbocycles. The van der Waals surface area contributed by atoms with E-state index in [2.05, 4.69) is 5.32 Å². The first kappa shape index (κ1) is 18.8. The molecule has 0 radical (unpaired) electrons. The molecule has 1 saturated heterocycles. The molecule has 2 N–H and O–H groups in total. The summed E-state index contributed by atoms with van der Waals surface area (Å²) in [6, 6.07) is 7.00. The zero-order valence-electron chi connectivity index (χ0n) is 14.2. The second kappa shape index (κ2) is 7.69. The molecule has 0 unspecified atom stereocenters. The zero-order valence-corrected chi connectivity index (χ0v) is 14.2. The van der Waals surface area contributed by atoms with Crippen molar-refractivity contribution < 1.29 is 27.9 Å². The van der Waals surface area contributed by atoms with Crippen LogP contribution in [0.3, 0.4) is 0 Å². The molecule has 0 spiro atoms. The molecule has 0 saturated carbocycles. The van der Waals surface area contributed by atoms with Gasteiger partial charge in [-0.15, -0.1) is 0 Å². The van der Waals surface area contributed by atoms with E-state index in [0.717, 1.165) is 12.1 Å². The van der Waals surface area contributed by atoms with E-state index >= 15 is 0 Å². The molecule has 2 amide bonds. The summed E-state index contributed by atoms with van der Waals surface area (Å²) in [6.07, 6.45) is 0.848. The summed E-state index contributed by atoms with van der Waals surface area (Å²) in [7, 11) is 0. The van der Waals surface area contributed by atoms with E-state index in [1.165, 1.54) is 17.0 Å². The van der Waals surface area contributed by atoms with Crippen LogP contribution in [0.15, 0.2) is 36.4 Å². The number of carbonyl (C=O) groups excluding carboxylic acids is 2. The molecule has 3 rings (SSSR count). The predicted octanol–water partition coefficient (Wildman–Crippen LogP) is 3.94. The fraction of sp³-hybridized carbons (Fsp3) is 0.263. The number of likely N-dealkylation sites (tertiary alicyclic amines) is 1. The Hall–Kier alpha value is -3.03. The second-order valence-electron chi connectivity index (χ2n) is 6.33. The minimum Gasteiger partial charge on any atom is -0.508 e. The van der Waals surface area contributed by atoms with Gasteiger partial charge in [-0.25, -0.2) is 18.0 Å². The van der Waals surface area contributed by atoms with Gasteiger partial charge in [-0.1, -0.05) is 0 Å². The molecule has 1 heterocycles. The molecule has 0 atom stereocenters. The van der Waals surface area contributed by atoms with Crippen LogP contribution < -0.4 is 5.32 Å². The number of benzene rings is 2. The first-order valence-corrected chi connectivity index (χ1v) is 8.39. The Morgan fingerprint density at radius 3 is 2.22 bits per heavy atom. The predicted molar refractivity (Wildman–Crippen MR) is 92.1 cm³/mol. The van der Waals surface area contributed by atoms with Gasteiger partial charge in [-0.2, -0.15) is 0 Å². The van der Waals surface area contributed by atoms with Gasteiger partial charge in [-0.05, 0) is 49.2 Å². The van der Waals surface area contributed by atoms with Crippen LogP contribution in [0.1, 0.15) is 23.2 Å². The van der Waals surface area contributed by atoms with Gasteiger partial charge in [0.1, 0.15) is 5.75 Å². The van der Waals surface area contributed by atoms with Gasteiger partial charge in [0.05, 0.1) is 5.69 Å². The summed E-state index contributed by atoms with van der Waals surface area (Å²) in [6.45, 7) is 0.539. The number of aromatic hydroxyl groups is 1. The van der Waals surface area contributed by atoms with Crippen molar-refractivity contribution in [1.29, 1.82) is 0 Å². The minimum atomic E-state index is -1.65. The van der Waals surface area contributed by atoms with Crippen molar-refractivity contribution in [3.05, 3.63) is 59.4 Å². The standard InChI is InChI=1S/C19H17F3N2O3/c20-14-5-6-15(17(22)16(14)21)23-19(27)24-9-7-12(8-10-24)18(26)11-1-3-13(25)4-2-11/h1-6,12,25H,7-10H2,(H,23,27). The molecule has 8 heteroatoms. The summed E-state index contributed by atoms with van der Waals surface area (Å²) in [4.78, 5) is 26.1. The molecular weight excluding hydrogens is 361 g/mol.